The van der Waals surface area contributed by atoms with Crippen molar-refractivity contribution in [3.8, 4) is 0 Å². The highest BCUT2D eigenvalue weighted by atomic mass is 16.7. The first-order chi connectivity index (χ1) is 12.1. The molecule has 0 aromatic heterocycles. The Morgan fingerprint density at radius 1 is 1.12 bits per heavy atom. The monoisotopic (exact) mass is 366 g/mol. The van der Waals surface area contributed by atoms with Crippen molar-refractivity contribution in [2.45, 2.75) is 39.6 Å². The van der Waals surface area contributed by atoms with Crippen LogP contribution in [0.2, 0.25) is 0 Å². The maximum atomic E-state index is 11.8. The van der Waals surface area contributed by atoms with Crippen LogP contribution in [0.4, 0.5) is 0 Å². The Kier molecular flexibility index (Phi) is 7.14. The molecule has 8 nitrogen and oxygen atoms in total. The number of carboxylic acids is 2. The molecule has 0 bridgehead atoms. The fraction of sp³-hybridized carbons (Fsp3) is 0.500. The molecule has 26 heavy (non-hydrogen) atoms. The summed E-state index contributed by atoms with van der Waals surface area (Å²) < 4.78 is 15.2. The summed E-state index contributed by atoms with van der Waals surface area (Å²) in [6.07, 6.45) is 4.04. The zero-order chi connectivity index (χ0) is 20.0. The van der Waals surface area contributed by atoms with Gasteiger partial charge in [-0.3, -0.25) is 4.79 Å². The maximum Gasteiger partial charge on any atom is 0.304 e. The lowest BCUT2D eigenvalue weighted by atomic mass is 9.71. The van der Waals surface area contributed by atoms with E-state index in [0.29, 0.717) is 0 Å². The van der Waals surface area contributed by atoms with Crippen molar-refractivity contribution in [3.05, 3.63) is 37.1 Å². The lowest BCUT2D eigenvalue weighted by molar-refractivity contribution is -0.321. The van der Waals surface area contributed by atoms with Gasteiger partial charge in [0.05, 0.1) is 36.3 Å². The van der Waals surface area contributed by atoms with Crippen molar-refractivity contribution in [2.75, 3.05) is 6.61 Å². The molecule has 2 atom stereocenters. The lowest BCUT2D eigenvalue weighted by Crippen LogP contribution is -2.51. The fourth-order valence-electron chi connectivity index (χ4n) is 2.63. The van der Waals surface area contributed by atoms with Gasteiger partial charge in [-0.25, -0.2) is 0 Å². The normalized spacial score (nSPS) is 26.6. The van der Waals surface area contributed by atoms with Crippen LogP contribution in [0.5, 0.6) is 0 Å². The SMILES string of the molecule is C=COCCC1(C(=O)[O-])C=CC(C(=O)[O-])(C(C)OC(C)OC(C)=O)C=C1. The molecular weight excluding hydrogens is 344 g/mol. The van der Waals surface area contributed by atoms with E-state index in [1.807, 2.05) is 0 Å². The van der Waals surface area contributed by atoms with E-state index >= 15 is 0 Å². The second kappa shape index (κ2) is 8.66. The Balaban J connectivity index is 3.06. The Hall–Kier alpha value is -2.61. The Bertz CT molecular complexity index is 605. The van der Waals surface area contributed by atoms with Crippen molar-refractivity contribution >= 4 is 17.9 Å². The number of ether oxygens (including phenoxy) is 3. The van der Waals surface area contributed by atoms with E-state index in [1.54, 1.807) is 0 Å². The summed E-state index contributed by atoms with van der Waals surface area (Å²) in [6.45, 7) is 7.51. The van der Waals surface area contributed by atoms with Gasteiger partial charge in [-0.15, -0.1) is 0 Å². The zero-order valence-corrected chi connectivity index (χ0v) is 14.9. The van der Waals surface area contributed by atoms with Gasteiger partial charge in [-0.1, -0.05) is 30.9 Å². The molecule has 0 saturated carbocycles. The number of esters is 1. The molecule has 0 aromatic rings. The maximum absolute atomic E-state index is 11.8. The van der Waals surface area contributed by atoms with Gasteiger partial charge in [0.25, 0.3) is 0 Å². The van der Waals surface area contributed by atoms with E-state index < -0.39 is 41.1 Å². The minimum atomic E-state index is -1.73. The molecule has 1 aliphatic rings. The van der Waals surface area contributed by atoms with E-state index in [4.69, 9.17) is 14.2 Å². The van der Waals surface area contributed by atoms with Crippen LogP contribution in [0.1, 0.15) is 27.2 Å². The van der Waals surface area contributed by atoms with Crippen LogP contribution in [0.25, 0.3) is 0 Å². The van der Waals surface area contributed by atoms with Gasteiger partial charge >= 0.3 is 5.97 Å². The summed E-state index contributed by atoms with van der Waals surface area (Å²) in [4.78, 5) is 34.3. The van der Waals surface area contributed by atoms with Crippen LogP contribution >= 0.6 is 0 Å². The molecule has 0 spiro atoms. The molecule has 0 radical (unpaired) electrons. The van der Waals surface area contributed by atoms with Gasteiger partial charge in [0.15, 0.2) is 6.29 Å². The predicted molar refractivity (Wildman–Crippen MR) is 85.7 cm³/mol. The third-order valence-corrected chi connectivity index (χ3v) is 4.20. The molecular formula is C18H22O8-2. The molecule has 1 aliphatic carbocycles. The highest BCUT2D eigenvalue weighted by Gasteiger charge is 2.40. The number of hydrogen-bond donors (Lipinski definition) is 0. The Morgan fingerprint density at radius 3 is 2.12 bits per heavy atom. The number of carbonyl (C=O) groups is 3. The first-order valence-corrected chi connectivity index (χ1v) is 7.98. The number of aliphatic carboxylic acids is 2. The van der Waals surface area contributed by atoms with Gasteiger partial charge in [0, 0.05) is 12.3 Å². The number of carboxylic acid groups (broad SMARTS) is 2. The molecule has 0 N–H and O–H groups in total. The summed E-state index contributed by atoms with van der Waals surface area (Å²) in [6, 6.07) is 0. The standard InChI is InChI=1S/C18H24O8/c1-5-24-11-10-17(15(20)21)6-8-18(9-7-17,16(22)23)12(2)25-14(4)26-13(3)19/h5-9,12,14H,1,10-11H2,2-4H3,(H,20,21)(H,22,23)/p-2. The minimum absolute atomic E-state index is 0.0244. The van der Waals surface area contributed by atoms with Crippen LogP contribution in [-0.4, -0.2) is 36.9 Å². The van der Waals surface area contributed by atoms with Gasteiger partial charge in [-0.05, 0) is 20.3 Å². The quantitative estimate of drug-likeness (QED) is 0.166. The molecule has 0 saturated heterocycles. The number of rotatable bonds is 10. The van der Waals surface area contributed by atoms with Gasteiger partial charge in [-0.2, -0.15) is 0 Å². The molecule has 0 amide bonds. The lowest BCUT2D eigenvalue weighted by Gasteiger charge is -2.41. The summed E-state index contributed by atoms with van der Waals surface area (Å²) in [5.41, 5.74) is -3.25. The first-order valence-electron chi connectivity index (χ1n) is 7.98. The smallest absolute Gasteiger partial charge is 0.304 e. The molecule has 0 heterocycles. The second-order valence-corrected chi connectivity index (χ2v) is 5.96. The van der Waals surface area contributed by atoms with Crippen LogP contribution in [0.3, 0.4) is 0 Å². The van der Waals surface area contributed by atoms with Crippen molar-refractivity contribution in [1.82, 2.24) is 0 Å². The van der Waals surface area contributed by atoms with Gasteiger partial charge in [0.1, 0.15) is 0 Å². The summed E-state index contributed by atoms with van der Waals surface area (Å²) in [7, 11) is 0. The van der Waals surface area contributed by atoms with Crippen LogP contribution in [0, 0.1) is 10.8 Å². The van der Waals surface area contributed by atoms with Crippen LogP contribution in [0.15, 0.2) is 37.1 Å². The highest BCUT2D eigenvalue weighted by molar-refractivity contribution is 5.83. The molecule has 0 aliphatic heterocycles. The van der Waals surface area contributed by atoms with E-state index in [-0.39, 0.29) is 13.0 Å². The fourth-order valence-corrected chi connectivity index (χ4v) is 2.63. The molecule has 0 fully saturated rings. The highest BCUT2D eigenvalue weighted by Crippen LogP contribution is 2.39. The van der Waals surface area contributed by atoms with Crippen LogP contribution in [-0.2, 0) is 28.6 Å². The summed E-state index contributed by atoms with van der Waals surface area (Å²) in [5, 5.41) is 23.3. The predicted octanol–water partition coefficient (Wildman–Crippen LogP) is -0.551. The van der Waals surface area contributed by atoms with Gasteiger partial charge < -0.3 is 34.0 Å². The summed E-state index contributed by atoms with van der Waals surface area (Å²) >= 11 is 0. The van der Waals surface area contributed by atoms with Crippen molar-refractivity contribution < 1.29 is 38.8 Å². The first kappa shape index (κ1) is 21.4. The minimum Gasteiger partial charge on any atom is -0.549 e. The number of hydrogen-bond acceptors (Lipinski definition) is 8. The average molecular weight is 366 g/mol. The van der Waals surface area contributed by atoms with E-state index in [1.165, 1.54) is 51.3 Å². The van der Waals surface area contributed by atoms with Gasteiger partial charge in [0.2, 0.25) is 0 Å². The van der Waals surface area contributed by atoms with E-state index in [9.17, 15) is 24.6 Å². The average Bonchev–Trinajstić information content (AvgIpc) is 2.54. The number of carbonyl (C=O) groups excluding carboxylic acids is 3. The van der Waals surface area contributed by atoms with Crippen LogP contribution < -0.4 is 10.2 Å². The Labute approximate surface area is 151 Å². The second-order valence-electron chi connectivity index (χ2n) is 5.96. The van der Waals surface area contributed by atoms with E-state index in [2.05, 4.69) is 6.58 Å². The third kappa shape index (κ3) is 4.72. The molecule has 0 aromatic carbocycles. The van der Waals surface area contributed by atoms with Crippen molar-refractivity contribution in [3.63, 3.8) is 0 Å². The molecule has 1 rings (SSSR count). The zero-order valence-electron chi connectivity index (χ0n) is 14.9. The largest absolute Gasteiger partial charge is 0.549 e. The third-order valence-electron chi connectivity index (χ3n) is 4.20. The summed E-state index contributed by atoms with van der Waals surface area (Å²) in [5.74, 6) is -3.46. The Morgan fingerprint density at radius 2 is 1.69 bits per heavy atom. The molecule has 144 valence electrons. The molecule has 2 unspecified atom stereocenters. The molecule has 8 heteroatoms. The topological polar surface area (TPSA) is 125 Å². The van der Waals surface area contributed by atoms with Crippen molar-refractivity contribution in [1.29, 1.82) is 0 Å². The van der Waals surface area contributed by atoms with Crippen molar-refractivity contribution in [2.24, 2.45) is 10.8 Å². The van der Waals surface area contributed by atoms with E-state index in [0.717, 1.165) is 0 Å².